The van der Waals surface area contributed by atoms with Crippen LogP contribution < -0.4 is 5.32 Å². The van der Waals surface area contributed by atoms with Gasteiger partial charge in [0.15, 0.2) is 5.13 Å². The molecule has 1 fully saturated rings. The van der Waals surface area contributed by atoms with Crippen molar-refractivity contribution in [3.63, 3.8) is 0 Å². The Morgan fingerprint density at radius 1 is 1.61 bits per heavy atom. The lowest BCUT2D eigenvalue weighted by atomic mass is 9.94. The highest BCUT2D eigenvalue weighted by Crippen LogP contribution is 2.36. The van der Waals surface area contributed by atoms with Crippen LogP contribution in [0.3, 0.4) is 0 Å². The summed E-state index contributed by atoms with van der Waals surface area (Å²) in [5.41, 5.74) is 0. The fourth-order valence-corrected chi connectivity index (χ4v) is 3.52. The molecule has 1 aromatic rings. The number of hydrogen-bond acceptors (Lipinski definition) is 5. The SMILES string of the molecule is CCC1CCC(Nc2ncc(C(=O)OC)s2)C1C. The first-order chi connectivity index (χ1) is 8.65. The number of carbonyl (C=O) groups excluding carboxylic acids is 1. The molecular formula is C13H20N2O2S. The molecule has 0 spiro atoms. The average Bonchev–Trinajstić information content (AvgIpc) is 2.97. The molecule has 1 aliphatic carbocycles. The van der Waals surface area contributed by atoms with E-state index in [-0.39, 0.29) is 5.97 Å². The number of anilines is 1. The van der Waals surface area contributed by atoms with Crippen LogP contribution >= 0.6 is 11.3 Å². The molecule has 0 saturated heterocycles. The smallest absolute Gasteiger partial charge is 0.349 e. The standard InChI is InChI=1S/C13H20N2O2S/c1-4-9-5-6-10(8(9)2)15-13-14-7-11(18-13)12(16)17-3/h7-10H,4-6H2,1-3H3,(H,14,15). The summed E-state index contributed by atoms with van der Waals surface area (Å²) >= 11 is 1.37. The molecule has 0 aromatic carbocycles. The predicted octanol–water partition coefficient (Wildman–Crippen LogP) is 3.17. The molecule has 3 unspecified atom stereocenters. The molecular weight excluding hydrogens is 248 g/mol. The topological polar surface area (TPSA) is 51.2 Å². The van der Waals surface area contributed by atoms with Gasteiger partial charge >= 0.3 is 5.97 Å². The Kier molecular flexibility index (Phi) is 4.22. The van der Waals surface area contributed by atoms with Crippen LogP contribution in [0.15, 0.2) is 6.20 Å². The van der Waals surface area contributed by atoms with Gasteiger partial charge in [0.05, 0.1) is 13.3 Å². The van der Waals surface area contributed by atoms with E-state index in [2.05, 4.69) is 28.9 Å². The van der Waals surface area contributed by atoms with Crippen molar-refractivity contribution in [1.82, 2.24) is 4.98 Å². The molecule has 1 heterocycles. The monoisotopic (exact) mass is 268 g/mol. The number of thiazole rings is 1. The fourth-order valence-electron chi connectivity index (χ4n) is 2.72. The molecule has 1 aliphatic rings. The van der Waals surface area contributed by atoms with Gasteiger partial charge in [-0.3, -0.25) is 0 Å². The van der Waals surface area contributed by atoms with Crippen LogP contribution in [0.5, 0.6) is 0 Å². The van der Waals surface area contributed by atoms with E-state index in [0.29, 0.717) is 16.8 Å². The van der Waals surface area contributed by atoms with Crippen molar-refractivity contribution >= 4 is 22.4 Å². The average molecular weight is 268 g/mol. The number of ether oxygens (including phenoxy) is 1. The lowest BCUT2D eigenvalue weighted by molar-refractivity contribution is 0.0606. The minimum Gasteiger partial charge on any atom is -0.465 e. The number of carbonyl (C=O) groups is 1. The zero-order chi connectivity index (χ0) is 13.1. The van der Waals surface area contributed by atoms with Crippen LogP contribution in [-0.2, 0) is 4.74 Å². The number of aromatic nitrogens is 1. The van der Waals surface area contributed by atoms with Gasteiger partial charge in [0.1, 0.15) is 4.88 Å². The number of hydrogen-bond donors (Lipinski definition) is 1. The first-order valence-corrected chi connectivity index (χ1v) is 7.28. The Hall–Kier alpha value is -1.10. The van der Waals surface area contributed by atoms with Crippen molar-refractivity contribution in [2.75, 3.05) is 12.4 Å². The molecule has 2 rings (SSSR count). The summed E-state index contributed by atoms with van der Waals surface area (Å²) < 4.78 is 4.68. The maximum atomic E-state index is 11.3. The summed E-state index contributed by atoms with van der Waals surface area (Å²) in [6, 6.07) is 0.478. The van der Waals surface area contributed by atoms with Crippen molar-refractivity contribution < 1.29 is 9.53 Å². The van der Waals surface area contributed by atoms with E-state index < -0.39 is 0 Å². The number of nitrogens with zero attached hydrogens (tertiary/aromatic N) is 1. The van der Waals surface area contributed by atoms with Crippen molar-refractivity contribution in [2.45, 2.75) is 39.2 Å². The zero-order valence-corrected chi connectivity index (χ0v) is 11.9. The maximum absolute atomic E-state index is 11.3. The molecule has 4 nitrogen and oxygen atoms in total. The molecule has 3 atom stereocenters. The first kappa shape index (κ1) is 13.3. The summed E-state index contributed by atoms with van der Waals surface area (Å²) in [6.07, 6.45) is 5.29. The van der Waals surface area contributed by atoms with Crippen molar-refractivity contribution in [3.8, 4) is 0 Å². The van der Waals surface area contributed by atoms with Gasteiger partial charge in [0.2, 0.25) is 0 Å². The largest absolute Gasteiger partial charge is 0.465 e. The van der Waals surface area contributed by atoms with Crippen LogP contribution in [0.25, 0.3) is 0 Å². The van der Waals surface area contributed by atoms with E-state index in [1.54, 1.807) is 6.20 Å². The van der Waals surface area contributed by atoms with Gasteiger partial charge in [-0.2, -0.15) is 0 Å². The molecule has 5 heteroatoms. The molecule has 0 aliphatic heterocycles. The van der Waals surface area contributed by atoms with E-state index in [9.17, 15) is 4.79 Å². The molecule has 0 bridgehead atoms. The Labute approximate surface area is 112 Å². The van der Waals surface area contributed by atoms with E-state index in [1.165, 1.54) is 37.7 Å². The second-order valence-electron chi connectivity index (χ2n) is 4.88. The molecule has 1 N–H and O–H groups in total. The van der Waals surface area contributed by atoms with Crippen molar-refractivity contribution in [3.05, 3.63) is 11.1 Å². The van der Waals surface area contributed by atoms with Crippen molar-refractivity contribution in [1.29, 1.82) is 0 Å². The van der Waals surface area contributed by atoms with Gasteiger partial charge in [0.25, 0.3) is 0 Å². The van der Waals surface area contributed by atoms with E-state index in [1.807, 2.05) is 0 Å². The molecule has 1 aromatic heterocycles. The summed E-state index contributed by atoms with van der Waals surface area (Å²) in [7, 11) is 1.39. The van der Waals surface area contributed by atoms with Gasteiger partial charge < -0.3 is 10.1 Å². The molecule has 18 heavy (non-hydrogen) atoms. The second kappa shape index (κ2) is 5.69. The second-order valence-corrected chi connectivity index (χ2v) is 5.91. The lowest BCUT2D eigenvalue weighted by Crippen LogP contribution is -2.24. The summed E-state index contributed by atoms with van der Waals surface area (Å²) in [6.45, 7) is 4.55. The highest BCUT2D eigenvalue weighted by Gasteiger charge is 2.31. The summed E-state index contributed by atoms with van der Waals surface area (Å²) in [4.78, 5) is 16.1. The highest BCUT2D eigenvalue weighted by molar-refractivity contribution is 7.17. The normalized spacial score (nSPS) is 27.2. The Morgan fingerprint density at radius 3 is 3.00 bits per heavy atom. The maximum Gasteiger partial charge on any atom is 0.349 e. The van der Waals surface area contributed by atoms with Crippen molar-refractivity contribution in [2.24, 2.45) is 11.8 Å². The number of nitrogens with one attached hydrogen (secondary N) is 1. The fraction of sp³-hybridized carbons (Fsp3) is 0.692. The van der Waals surface area contributed by atoms with Gasteiger partial charge in [-0.1, -0.05) is 31.6 Å². The van der Waals surface area contributed by atoms with Crippen LogP contribution in [-0.4, -0.2) is 24.1 Å². The minimum absolute atomic E-state index is 0.313. The third-order valence-electron chi connectivity index (χ3n) is 3.95. The minimum atomic E-state index is -0.313. The van der Waals surface area contributed by atoms with Crippen LogP contribution in [0, 0.1) is 11.8 Å². The third-order valence-corrected chi connectivity index (χ3v) is 4.86. The third kappa shape index (κ3) is 2.66. The van der Waals surface area contributed by atoms with Gasteiger partial charge in [0, 0.05) is 6.04 Å². The van der Waals surface area contributed by atoms with Crippen LogP contribution in [0.2, 0.25) is 0 Å². The number of rotatable bonds is 4. The van der Waals surface area contributed by atoms with E-state index >= 15 is 0 Å². The van der Waals surface area contributed by atoms with E-state index in [0.717, 1.165) is 11.0 Å². The van der Waals surface area contributed by atoms with Gasteiger partial charge in [-0.25, -0.2) is 9.78 Å². The summed E-state index contributed by atoms with van der Waals surface area (Å²) in [5.74, 6) is 1.16. The van der Waals surface area contributed by atoms with Gasteiger partial charge in [-0.15, -0.1) is 0 Å². The Bertz CT molecular complexity index is 419. The quantitative estimate of drug-likeness (QED) is 0.852. The lowest BCUT2D eigenvalue weighted by Gasteiger charge is -2.20. The predicted molar refractivity (Wildman–Crippen MR) is 73.0 cm³/mol. The highest BCUT2D eigenvalue weighted by atomic mass is 32.1. The van der Waals surface area contributed by atoms with Crippen LogP contribution in [0.4, 0.5) is 5.13 Å². The summed E-state index contributed by atoms with van der Waals surface area (Å²) in [5, 5.41) is 4.28. The van der Waals surface area contributed by atoms with E-state index in [4.69, 9.17) is 0 Å². The Balaban J connectivity index is 1.98. The number of esters is 1. The molecule has 0 amide bonds. The zero-order valence-electron chi connectivity index (χ0n) is 11.1. The molecule has 0 radical (unpaired) electrons. The van der Waals surface area contributed by atoms with Crippen LogP contribution in [0.1, 0.15) is 42.8 Å². The molecule has 1 saturated carbocycles. The Morgan fingerprint density at radius 2 is 2.39 bits per heavy atom. The molecule has 100 valence electrons. The van der Waals surface area contributed by atoms with Gasteiger partial charge in [-0.05, 0) is 24.7 Å². The number of methoxy groups -OCH3 is 1. The first-order valence-electron chi connectivity index (χ1n) is 6.46.